The molecule has 9 nitrogen and oxygen atoms in total. The van der Waals surface area contributed by atoms with Gasteiger partial charge in [0.25, 0.3) is 5.91 Å². The van der Waals surface area contributed by atoms with E-state index in [9.17, 15) is 27.8 Å². The standard InChI is InChI=1S/C27H24FN3O6S/c1-30-26(32)24-21-12-19(14-2-3-14)16(10-23(21)37-25(24)15-4-6-17(28)7-5-15)13-31(38(35)36)18-8-9-22(29)20(11-18)27(33)34/h4-12,14H,2-3,13,29H2,1H3,(H,30,32)(H,33,34)(H,35,36)/p-1. The molecule has 0 bridgehead atoms. The Morgan fingerprint density at radius 2 is 1.89 bits per heavy atom. The number of carbonyl (C=O) groups is 2. The molecular weight excluding hydrogens is 513 g/mol. The summed E-state index contributed by atoms with van der Waals surface area (Å²) in [5.41, 5.74) is 8.40. The summed E-state index contributed by atoms with van der Waals surface area (Å²) in [5.74, 6) is -1.62. The third-order valence-electron chi connectivity index (χ3n) is 6.58. The van der Waals surface area contributed by atoms with Crippen LogP contribution in [0.3, 0.4) is 0 Å². The number of aromatic carboxylic acids is 1. The van der Waals surface area contributed by atoms with Crippen molar-refractivity contribution < 1.29 is 32.3 Å². The van der Waals surface area contributed by atoms with Crippen LogP contribution < -0.4 is 15.4 Å². The molecule has 1 unspecified atom stereocenters. The van der Waals surface area contributed by atoms with Crippen molar-refractivity contribution in [3.05, 3.63) is 82.7 Å². The van der Waals surface area contributed by atoms with Crippen LogP contribution in [0.5, 0.6) is 0 Å². The number of amides is 1. The largest absolute Gasteiger partial charge is 0.755 e. The molecule has 4 aromatic rings. The van der Waals surface area contributed by atoms with Crippen LogP contribution in [0.25, 0.3) is 22.3 Å². The molecule has 196 valence electrons. The van der Waals surface area contributed by atoms with Gasteiger partial charge in [-0.25, -0.2) is 9.18 Å². The highest BCUT2D eigenvalue weighted by Gasteiger charge is 2.30. The number of carbonyl (C=O) groups excluding carboxylic acids is 1. The molecular formula is C27H23FN3O6S-. The van der Waals surface area contributed by atoms with Crippen molar-refractivity contribution in [1.29, 1.82) is 0 Å². The molecule has 4 N–H and O–H groups in total. The van der Waals surface area contributed by atoms with E-state index < -0.39 is 23.1 Å². The van der Waals surface area contributed by atoms with E-state index in [1.165, 1.54) is 49.5 Å². The number of nitrogens with one attached hydrogen (secondary N) is 1. The Labute approximate surface area is 219 Å². The molecule has 1 aliphatic rings. The van der Waals surface area contributed by atoms with Crippen molar-refractivity contribution >= 4 is 45.5 Å². The second-order valence-corrected chi connectivity index (χ2v) is 9.92. The molecule has 1 aromatic heterocycles. The Morgan fingerprint density at radius 1 is 1.18 bits per heavy atom. The number of carboxylic acids is 1. The van der Waals surface area contributed by atoms with Crippen molar-refractivity contribution in [3.63, 3.8) is 0 Å². The summed E-state index contributed by atoms with van der Waals surface area (Å²) in [7, 11) is 1.51. The molecule has 1 fully saturated rings. The lowest BCUT2D eigenvalue weighted by molar-refractivity contribution is 0.0697. The molecule has 38 heavy (non-hydrogen) atoms. The number of nitrogens with two attached hydrogens (primary N) is 1. The lowest BCUT2D eigenvalue weighted by Gasteiger charge is -2.28. The quantitative estimate of drug-likeness (QED) is 0.221. The first-order valence-corrected chi connectivity index (χ1v) is 12.8. The molecule has 0 aliphatic heterocycles. The number of nitrogens with zero attached hydrogens (tertiary/aromatic N) is 1. The smallest absolute Gasteiger partial charge is 0.337 e. The van der Waals surface area contributed by atoms with Crippen molar-refractivity contribution in [2.24, 2.45) is 0 Å². The average molecular weight is 537 g/mol. The van der Waals surface area contributed by atoms with Crippen LogP contribution in [-0.4, -0.2) is 32.8 Å². The van der Waals surface area contributed by atoms with Crippen LogP contribution in [-0.2, 0) is 17.8 Å². The topological polar surface area (TPSA) is 149 Å². The molecule has 0 radical (unpaired) electrons. The SMILES string of the molecule is CNC(=O)c1c(-c2ccc(F)cc2)oc2cc(CN(c3ccc(N)c(C(=O)O)c3)S(=O)[O-])c(C3CC3)cc12. The van der Waals surface area contributed by atoms with Crippen LogP contribution in [0, 0.1) is 5.82 Å². The maximum Gasteiger partial charge on any atom is 0.337 e. The van der Waals surface area contributed by atoms with E-state index in [4.69, 9.17) is 10.2 Å². The van der Waals surface area contributed by atoms with E-state index in [0.29, 0.717) is 27.7 Å². The number of carboxylic acid groups (broad SMARTS) is 1. The number of nitrogen functional groups attached to an aromatic ring is 1. The average Bonchev–Trinajstić information content (AvgIpc) is 3.67. The lowest BCUT2D eigenvalue weighted by atomic mass is 9.97. The molecule has 0 spiro atoms. The highest BCUT2D eigenvalue weighted by molar-refractivity contribution is 7.80. The minimum atomic E-state index is -2.74. The molecule has 5 rings (SSSR count). The Morgan fingerprint density at radius 3 is 2.50 bits per heavy atom. The van der Waals surface area contributed by atoms with E-state index in [2.05, 4.69) is 5.32 Å². The highest BCUT2D eigenvalue weighted by atomic mass is 32.2. The van der Waals surface area contributed by atoms with Gasteiger partial charge in [0.2, 0.25) is 0 Å². The predicted molar refractivity (Wildman–Crippen MR) is 140 cm³/mol. The van der Waals surface area contributed by atoms with E-state index in [1.807, 2.05) is 6.07 Å². The number of halogens is 1. The summed E-state index contributed by atoms with van der Waals surface area (Å²) in [5, 5.41) is 12.6. The summed E-state index contributed by atoms with van der Waals surface area (Å²) in [6.45, 7) is -0.0945. The number of fused-ring (bicyclic) bond motifs is 1. The normalized spacial score (nSPS) is 13.9. The van der Waals surface area contributed by atoms with Crippen molar-refractivity contribution in [2.45, 2.75) is 25.3 Å². The predicted octanol–water partition coefficient (Wildman–Crippen LogP) is 4.56. The maximum atomic E-state index is 13.5. The fraction of sp³-hybridized carbons (Fsp3) is 0.185. The van der Waals surface area contributed by atoms with Gasteiger partial charge < -0.3 is 25.1 Å². The van der Waals surface area contributed by atoms with Gasteiger partial charge in [0.05, 0.1) is 17.7 Å². The van der Waals surface area contributed by atoms with E-state index in [-0.39, 0.29) is 41.1 Å². The lowest BCUT2D eigenvalue weighted by Crippen LogP contribution is -2.26. The fourth-order valence-corrected chi connectivity index (χ4v) is 5.07. The number of benzene rings is 3. The minimum absolute atomic E-state index is 0.0172. The van der Waals surface area contributed by atoms with Gasteiger partial charge in [-0.15, -0.1) is 0 Å². The highest BCUT2D eigenvalue weighted by Crippen LogP contribution is 2.45. The summed E-state index contributed by atoms with van der Waals surface area (Å²) in [4.78, 5) is 24.5. The van der Waals surface area contributed by atoms with E-state index >= 15 is 0 Å². The molecule has 1 aliphatic carbocycles. The van der Waals surface area contributed by atoms with Gasteiger partial charge in [0.1, 0.15) is 17.2 Å². The molecule has 1 atom stereocenters. The minimum Gasteiger partial charge on any atom is -0.755 e. The molecule has 1 saturated carbocycles. The van der Waals surface area contributed by atoms with Crippen LogP contribution >= 0.6 is 0 Å². The molecule has 3 aromatic carbocycles. The van der Waals surface area contributed by atoms with Crippen LogP contribution in [0.15, 0.2) is 59.0 Å². The Bertz CT molecular complexity index is 1600. The van der Waals surface area contributed by atoms with Gasteiger partial charge in [-0.2, -0.15) is 0 Å². The second-order valence-electron chi connectivity index (χ2n) is 9.04. The van der Waals surface area contributed by atoms with Gasteiger partial charge in [0, 0.05) is 40.6 Å². The number of anilines is 2. The zero-order valence-corrected chi connectivity index (χ0v) is 21.0. The van der Waals surface area contributed by atoms with Crippen molar-refractivity contribution in [1.82, 2.24) is 5.32 Å². The third kappa shape index (κ3) is 4.73. The molecule has 1 amide bonds. The fourth-order valence-electron chi connectivity index (χ4n) is 4.54. The number of hydrogen-bond donors (Lipinski definition) is 3. The van der Waals surface area contributed by atoms with Crippen LogP contribution in [0.4, 0.5) is 15.8 Å². The Hall–Kier alpha value is -4.22. The number of hydrogen-bond acceptors (Lipinski definition) is 6. The zero-order valence-electron chi connectivity index (χ0n) is 20.2. The summed E-state index contributed by atoms with van der Waals surface area (Å²) < 4.78 is 45.2. The summed E-state index contributed by atoms with van der Waals surface area (Å²) in [6.07, 6.45) is 1.81. The van der Waals surface area contributed by atoms with Crippen molar-refractivity contribution in [2.75, 3.05) is 17.1 Å². The number of rotatable bonds is 8. The Balaban J connectivity index is 1.65. The summed E-state index contributed by atoms with van der Waals surface area (Å²) >= 11 is -2.74. The maximum absolute atomic E-state index is 13.5. The van der Waals surface area contributed by atoms with Gasteiger partial charge in [-0.1, -0.05) is 0 Å². The van der Waals surface area contributed by atoms with Gasteiger partial charge >= 0.3 is 5.97 Å². The second kappa shape index (κ2) is 9.92. The summed E-state index contributed by atoms with van der Waals surface area (Å²) in [6, 6.07) is 13.1. The first-order valence-electron chi connectivity index (χ1n) is 11.7. The van der Waals surface area contributed by atoms with Crippen LogP contribution in [0.1, 0.15) is 50.6 Å². The van der Waals surface area contributed by atoms with Crippen molar-refractivity contribution in [3.8, 4) is 11.3 Å². The molecule has 11 heteroatoms. The first-order chi connectivity index (χ1) is 18.2. The zero-order chi connectivity index (χ0) is 27.1. The van der Waals surface area contributed by atoms with E-state index in [0.717, 1.165) is 22.7 Å². The Kier molecular flexibility index (Phi) is 6.64. The van der Waals surface area contributed by atoms with Gasteiger partial charge in [-0.05, 0) is 84.5 Å². The van der Waals surface area contributed by atoms with Crippen LogP contribution in [0.2, 0.25) is 0 Å². The van der Waals surface area contributed by atoms with E-state index in [1.54, 1.807) is 6.07 Å². The monoisotopic (exact) mass is 536 g/mol. The molecule has 1 heterocycles. The van der Waals surface area contributed by atoms with Gasteiger partial charge in [-0.3, -0.25) is 13.3 Å². The van der Waals surface area contributed by atoms with Gasteiger partial charge in [0.15, 0.2) is 0 Å². The first kappa shape index (κ1) is 25.4. The number of furan rings is 1. The third-order valence-corrected chi connectivity index (χ3v) is 7.28. The molecule has 0 saturated heterocycles.